The topological polar surface area (TPSA) is 346 Å². The van der Waals surface area contributed by atoms with Crippen molar-refractivity contribution in [1.29, 1.82) is 0 Å². The van der Waals surface area contributed by atoms with Crippen molar-refractivity contribution in [3.63, 3.8) is 0 Å². The Kier molecular flexibility index (Phi) is 29.3. The number of hydrogen-bond acceptors (Lipinski definition) is 18. The standard InChI is InChI=1S/C6H15NO3.2C6H12O7.Cu/c8-4-1-7(2-5-9)3-6-10;2*7-1-2(8)3(9)4(10)5(11)6(12)13;/h8-10H,1-6H2;2*2-5,7-11H,1H2,(H,12,13);/q;;;+2/p-2. The first-order valence-corrected chi connectivity index (χ1v) is 10.3. The maximum atomic E-state index is 9.98. The van der Waals surface area contributed by atoms with Gasteiger partial charge in [0, 0.05) is 19.6 Å². The average molecular weight is 603 g/mol. The van der Waals surface area contributed by atoms with Gasteiger partial charge in [-0.1, -0.05) is 0 Å². The van der Waals surface area contributed by atoms with E-state index in [2.05, 4.69) is 0 Å². The summed E-state index contributed by atoms with van der Waals surface area (Å²) < 4.78 is 0. The molecule has 0 aliphatic heterocycles. The molecule has 0 bridgehead atoms. The van der Waals surface area contributed by atoms with Crippen LogP contribution in [-0.2, 0) is 26.7 Å². The van der Waals surface area contributed by atoms with Gasteiger partial charge in [0.15, 0.2) is 0 Å². The fourth-order valence-corrected chi connectivity index (χ4v) is 2.08. The Labute approximate surface area is 222 Å². The third-order valence-electron chi connectivity index (χ3n) is 4.24. The molecule has 0 spiro atoms. The van der Waals surface area contributed by atoms with Crippen molar-refractivity contribution >= 4 is 11.9 Å². The maximum Gasteiger partial charge on any atom is 2.00 e. The second-order valence-electron chi connectivity index (χ2n) is 7.00. The molecule has 37 heavy (non-hydrogen) atoms. The van der Waals surface area contributed by atoms with Crippen molar-refractivity contribution in [2.45, 2.75) is 48.8 Å². The van der Waals surface area contributed by atoms with Crippen molar-refractivity contribution in [3.05, 3.63) is 0 Å². The molecule has 0 aromatic heterocycles. The fraction of sp³-hybridized carbons (Fsp3) is 0.889. The smallest absolute Gasteiger partial charge is 0.547 e. The van der Waals surface area contributed by atoms with Crippen molar-refractivity contribution in [1.82, 2.24) is 4.90 Å². The number of rotatable bonds is 16. The molecule has 0 fully saturated rings. The summed E-state index contributed by atoms with van der Waals surface area (Å²) in [6, 6.07) is 0. The first-order valence-electron chi connectivity index (χ1n) is 10.3. The SMILES string of the molecule is O=C([O-])C(O)C(O)C(O)C(O)CO.O=C([O-])C(O)C(O)C(O)C(O)CO.OCCN(CCO)CCO.[Cu+2]. The number of carbonyl (C=O) groups excluding carboxylic acids is 2. The van der Waals surface area contributed by atoms with E-state index in [-0.39, 0.29) is 36.9 Å². The second-order valence-corrected chi connectivity index (χ2v) is 7.00. The van der Waals surface area contributed by atoms with Gasteiger partial charge in [-0.15, -0.1) is 0 Å². The van der Waals surface area contributed by atoms with Crippen LogP contribution >= 0.6 is 0 Å². The Hall–Kier alpha value is -1.10. The zero-order valence-corrected chi connectivity index (χ0v) is 20.4. The van der Waals surface area contributed by atoms with Gasteiger partial charge in [-0.2, -0.15) is 0 Å². The molecule has 1 radical (unpaired) electrons. The molecule has 0 aliphatic carbocycles. The average Bonchev–Trinajstić information content (AvgIpc) is 2.85. The molecule has 19 heteroatoms. The van der Waals surface area contributed by atoms with Crippen LogP contribution in [0.25, 0.3) is 0 Å². The van der Waals surface area contributed by atoms with Crippen LogP contribution in [-0.4, -0.2) is 185 Å². The molecule has 0 saturated heterocycles. The normalized spacial score (nSPS) is 17.2. The van der Waals surface area contributed by atoms with Gasteiger partial charge in [-0.3, -0.25) is 4.90 Å². The summed E-state index contributed by atoms with van der Waals surface area (Å²) in [5, 5.41) is 132. The Bertz CT molecular complexity index is 510. The van der Waals surface area contributed by atoms with Crippen LogP contribution < -0.4 is 10.2 Å². The van der Waals surface area contributed by atoms with Gasteiger partial charge in [0.1, 0.15) is 48.8 Å². The first kappa shape index (κ1) is 43.0. The van der Waals surface area contributed by atoms with Crippen molar-refractivity contribution in [2.75, 3.05) is 52.7 Å². The van der Waals surface area contributed by atoms with Crippen LogP contribution in [0.2, 0.25) is 0 Å². The van der Waals surface area contributed by atoms with Crippen LogP contribution in [0.3, 0.4) is 0 Å². The number of aliphatic carboxylic acids is 2. The number of nitrogens with zero attached hydrogens (tertiary/aromatic N) is 1. The number of hydrogen-bond donors (Lipinski definition) is 13. The van der Waals surface area contributed by atoms with E-state index < -0.39 is 74.0 Å². The Morgan fingerprint density at radius 1 is 0.541 bits per heavy atom. The van der Waals surface area contributed by atoms with E-state index >= 15 is 0 Å². The third kappa shape index (κ3) is 19.6. The quantitative estimate of drug-likeness (QED) is 0.0728. The number of carbonyl (C=O) groups is 2. The number of carboxylic acids is 2. The molecule has 8 unspecified atom stereocenters. The van der Waals surface area contributed by atoms with E-state index in [1.807, 2.05) is 0 Å². The van der Waals surface area contributed by atoms with Crippen LogP contribution in [0, 0.1) is 0 Å². The van der Waals surface area contributed by atoms with Crippen LogP contribution in [0.15, 0.2) is 0 Å². The predicted octanol–water partition coefficient (Wildman–Crippen LogP) is -11.4. The number of aliphatic hydroxyl groups excluding tert-OH is 13. The van der Waals surface area contributed by atoms with Crippen LogP contribution in [0.1, 0.15) is 0 Å². The summed E-state index contributed by atoms with van der Waals surface area (Å²) in [6.07, 6.45) is -16.2. The molecule has 0 saturated carbocycles. The van der Waals surface area contributed by atoms with E-state index in [4.69, 9.17) is 66.4 Å². The summed E-state index contributed by atoms with van der Waals surface area (Å²) in [6.45, 7) is 0.0271. The largest absolute Gasteiger partial charge is 2.00 e. The molecule has 0 aromatic carbocycles. The maximum absolute atomic E-state index is 9.98. The van der Waals surface area contributed by atoms with Gasteiger partial charge in [0.05, 0.1) is 45.0 Å². The summed E-state index contributed by atoms with van der Waals surface area (Å²) in [4.78, 5) is 21.8. The zero-order valence-electron chi connectivity index (χ0n) is 19.5. The minimum absolute atomic E-state index is 0. The summed E-state index contributed by atoms with van der Waals surface area (Å²) in [5.74, 6) is -3.95. The Morgan fingerprint density at radius 2 is 0.784 bits per heavy atom. The summed E-state index contributed by atoms with van der Waals surface area (Å²) in [7, 11) is 0. The predicted molar refractivity (Wildman–Crippen MR) is 110 cm³/mol. The monoisotopic (exact) mass is 602 g/mol. The molecule has 0 aromatic rings. The molecule has 0 heterocycles. The number of aliphatic hydroxyl groups is 13. The van der Waals surface area contributed by atoms with Gasteiger partial charge in [0.25, 0.3) is 0 Å². The van der Waals surface area contributed by atoms with E-state index in [0.717, 1.165) is 0 Å². The van der Waals surface area contributed by atoms with Crippen molar-refractivity contribution in [3.8, 4) is 0 Å². The fourth-order valence-electron chi connectivity index (χ4n) is 2.08. The molecular weight excluding hydrogens is 566 g/mol. The van der Waals surface area contributed by atoms with Gasteiger partial charge in [0.2, 0.25) is 0 Å². The Balaban J connectivity index is -0.000000220. The first-order chi connectivity index (χ1) is 16.7. The minimum Gasteiger partial charge on any atom is -0.547 e. The summed E-state index contributed by atoms with van der Waals surface area (Å²) in [5.41, 5.74) is 0. The van der Waals surface area contributed by atoms with Gasteiger partial charge < -0.3 is 86.2 Å². The summed E-state index contributed by atoms with van der Waals surface area (Å²) >= 11 is 0. The Morgan fingerprint density at radius 3 is 0.946 bits per heavy atom. The molecule has 0 rings (SSSR count). The van der Waals surface area contributed by atoms with Gasteiger partial charge in [-0.05, 0) is 0 Å². The van der Waals surface area contributed by atoms with E-state index in [1.54, 1.807) is 4.90 Å². The molecule has 13 N–H and O–H groups in total. The zero-order chi connectivity index (χ0) is 29.0. The minimum atomic E-state index is -2.31. The van der Waals surface area contributed by atoms with Crippen molar-refractivity contribution < 1.29 is 103 Å². The van der Waals surface area contributed by atoms with Gasteiger partial charge in [-0.25, -0.2) is 0 Å². The number of carboxylic acid groups (broad SMARTS) is 2. The van der Waals surface area contributed by atoms with E-state index in [0.29, 0.717) is 19.6 Å². The second kappa shape index (κ2) is 25.2. The molecule has 0 aliphatic rings. The van der Waals surface area contributed by atoms with E-state index in [1.165, 1.54) is 0 Å². The molecule has 227 valence electrons. The third-order valence-corrected chi connectivity index (χ3v) is 4.24. The molecular formula is C18H37CuNO17. The van der Waals surface area contributed by atoms with Gasteiger partial charge >= 0.3 is 17.1 Å². The molecule has 8 atom stereocenters. The molecule has 18 nitrogen and oxygen atoms in total. The van der Waals surface area contributed by atoms with Crippen LogP contribution in [0.5, 0.6) is 0 Å². The molecule has 0 amide bonds. The van der Waals surface area contributed by atoms with E-state index in [9.17, 15) is 19.8 Å². The van der Waals surface area contributed by atoms with Crippen molar-refractivity contribution in [2.24, 2.45) is 0 Å². The van der Waals surface area contributed by atoms with Crippen LogP contribution in [0.4, 0.5) is 0 Å².